The fourth-order valence-corrected chi connectivity index (χ4v) is 1.40. The summed E-state index contributed by atoms with van der Waals surface area (Å²) in [6, 6.07) is 0. The molecule has 0 aromatic rings. The van der Waals surface area contributed by atoms with Gasteiger partial charge in [0.1, 0.15) is 0 Å². The lowest BCUT2D eigenvalue weighted by Crippen LogP contribution is -2.36. The second-order valence-corrected chi connectivity index (χ2v) is 3.27. The molecule has 0 radical (unpaired) electrons. The minimum atomic E-state index is 0.903. The van der Waals surface area contributed by atoms with E-state index in [1.165, 1.54) is 6.54 Å². The zero-order chi connectivity index (χ0) is 9.36. The fourth-order valence-electron chi connectivity index (χ4n) is 1.40. The van der Waals surface area contributed by atoms with Crippen LogP contribution < -0.4 is 5.32 Å². The van der Waals surface area contributed by atoms with Crippen LogP contribution in [-0.4, -0.2) is 51.3 Å². The third kappa shape index (κ3) is 5.03. The number of hydrogen-bond acceptors (Lipinski definition) is 3. The van der Waals surface area contributed by atoms with Crippen LogP contribution in [0.15, 0.2) is 12.2 Å². The molecule has 1 rings (SSSR count). The van der Waals surface area contributed by atoms with E-state index in [0.717, 1.165) is 39.3 Å². The molecule has 76 valence electrons. The van der Waals surface area contributed by atoms with Crippen molar-refractivity contribution in [1.82, 2.24) is 10.2 Å². The van der Waals surface area contributed by atoms with E-state index in [1.807, 2.05) is 7.05 Å². The van der Waals surface area contributed by atoms with Gasteiger partial charge in [0.05, 0.1) is 13.2 Å². The van der Waals surface area contributed by atoms with Crippen molar-refractivity contribution in [2.45, 2.75) is 6.42 Å². The van der Waals surface area contributed by atoms with Gasteiger partial charge < -0.3 is 10.1 Å². The first-order chi connectivity index (χ1) is 6.43. The highest BCUT2D eigenvalue weighted by molar-refractivity contribution is 4.84. The largest absolute Gasteiger partial charge is 0.379 e. The van der Waals surface area contributed by atoms with Crippen molar-refractivity contribution < 1.29 is 4.74 Å². The Hall–Kier alpha value is -0.380. The van der Waals surface area contributed by atoms with Crippen molar-refractivity contribution in [3.63, 3.8) is 0 Å². The molecule has 1 N–H and O–H groups in total. The molecular weight excluding hydrogens is 164 g/mol. The van der Waals surface area contributed by atoms with Crippen LogP contribution in [-0.2, 0) is 4.74 Å². The fraction of sp³-hybridized carbons (Fsp3) is 0.800. The quantitative estimate of drug-likeness (QED) is 0.629. The SMILES string of the molecule is CNC/C=C\CCN1CCOCC1. The van der Waals surface area contributed by atoms with Gasteiger partial charge in [0.25, 0.3) is 0 Å². The Morgan fingerprint density at radius 1 is 1.31 bits per heavy atom. The second-order valence-electron chi connectivity index (χ2n) is 3.27. The van der Waals surface area contributed by atoms with Crippen molar-refractivity contribution >= 4 is 0 Å². The Kier molecular flexibility index (Phi) is 5.81. The summed E-state index contributed by atoms with van der Waals surface area (Å²) in [5.41, 5.74) is 0. The summed E-state index contributed by atoms with van der Waals surface area (Å²) in [6.45, 7) is 6.15. The zero-order valence-electron chi connectivity index (χ0n) is 8.46. The number of morpholine rings is 1. The maximum absolute atomic E-state index is 5.27. The van der Waals surface area contributed by atoms with Crippen LogP contribution in [0.1, 0.15) is 6.42 Å². The summed E-state index contributed by atoms with van der Waals surface area (Å²) >= 11 is 0. The van der Waals surface area contributed by atoms with Gasteiger partial charge in [-0.05, 0) is 13.5 Å². The molecule has 0 amide bonds. The normalized spacial score (nSPS) is 19.8. The van der Waals surface area contributed by atoms with Crippen molar-refractivity contribution in [1.29, 1.82) is 0 Å². The van der Waals surface area contributed by atoms with E-state index in [1.54, 1.807) is 0 Å². The minimum absolute atomic E-state index is 0.903. The van der Waals surface area contributed by atoms with E-state index in [-0.39, 0.29) is 0 Å². The van der Waals surface area contributed by atoms with Crippen LogP contribution in [0.25, 0.3) is 0 Å². The molecule has 1 saturated heterocycles. The van der Waals surface area contributed by atoms with Gasteiger partial charge >= 0.3 is 0 Å². The second kappa shape index (κ2) is 7.06. The van der Waals surface area contributed by atoms with E-state index in [9.17, 15) is 0 Å². The Morgan fingerprint density at radius 2 is 2.08 bits per heavy atom. The molecule has 0 atom stereocenters. The first-order valence-electron chi connectivity index (χ1n) is 5.03. The van der Waals surface area contributed by atoms with Crippen molar-refractivity contribution in [2.24, 2.45) is 0 Å². The average molecular weight is 184 g/mol. The predicted octanol–water partition coefficient (Wildman–Crippen LogP) is 0.484. The Labute approximate surface area is 80.8 Å². The molecule has 0 bridgehead atoms. The molecule has 0 unspecified atom stereocenters. The van der Waals surface area contributed by atoms with Crippen molar-refractivity contribution in [2.75, 3.05) is 46.4 Å². The number of nitrogens with zero attached hydrogens (tertiary/aromatic N) is 1. The van der Waals surface area contributed by atoms with Gasteiger partial charge in [-0.1, -0.05) is 12.2 Å². The molecule has 13 heavy (non-hydrogen) atoms. The maximum atomic E-state index is 5.27. The maximum Gasteiger partial charge on any atom is 0.0594 e. The van der Waals surface area contributed by atoms with E-state index >= 15 is 0 Å². The lowest BCUT2D eigenvalue weighted by Gasteiger charge is -2.25. The lowest BCUT2D eigenvalue weighted by atomic mass is 10.3. The van der Waals surface area contributed by atoms with Crippen LogP contribution >= 0.6 is 0 Å². The first kappa shape index (κ1) is 10.7. The average Bonchev–Trinajstić information content (AvgIpc) is 2.19. The predicted molar refractivity (Wildman–Crippen MR) is 54.9 cm³/mol. The molecule has 3 heteroatoms. The Morgan fingerprint density at radius 3 is 2.77 bits per heavy atom. The molecule has 1 heterocycles. The molecule has 1 fully saturated rings. The van der Waals surface area contributed by atoms with Gasteiger partial charge in [0.2, 0.25) is 0 Å². The smallest absolute Gasteiger partial charge is 0.0594 e. The topological polar surface area (TPSA) is 24.5 Å². The molecule has 1 aliphatic rings. The van der Waals surface area contributed by atoms with Crippen molar-refractivity contribution in [3.8, 4) is 0 Å². The van der Waals surface area contributed by atoms with Crippen LogP contribution in [0.4, 0.5) is 0 Å². The van der Waals surface area contributed by atoms with Gasteiger partial charge in [0, 0.05) is 26.2 Å². The van der Waals surface area contributed by atoms with Gasteiger partial charge in [-0.3, -0.25) is 4.90 Å². The summed E-state index contributed by atoms with van der Waals surface area (Å²) in [4.78, 5) is 2.45. The van der Waals surface area contributed by atoms with Crippen molar-refractivity contribution in [3.05, 3.63) is 12.2 Å². The molecule has 0 saturated carbocycles. The molecule has 0 aromatic heterocycles. The van der Waals surface area contributed by atoms with Gasteiger partial charge in [-0.25, -0.2) is 0 Å². The van der Waals surface area contributed by atoms with Gasteiger partial charge in [-0.15, -0.1) is 0 Å². The number of likely N-dealkylation sites (N-methyl/N-ethyl adjacent to an activating group) is 1. The molecule has 3 nitrogen and oxygen atoms in total. The number of rotatable bonds is 5. The highest BCUT2D eigenvalue weighted by atomic mass is 16.5. The summed E-state index contributed by atoms with van der Waals surface area (Å²) in [5.74, 6) is 0. The van der Waals surface area contributed by atoms with Crippen LogP contribution in [0.5, 0.6) is 0 Å². The number of nitrogens with one attached hydrogen (secondary N) is 1. The minimum Gasteiger partial charge on any atom is -0.379 e. The summed E-state index contributed by atoms with van der Waals surface area (Å²) in [5, 5.41) is 3.09. The van der Waals surface area contributed by atoms with E-state index in [4.69, 9.17) is 4.74 Å². The molecule has 0 aromatic carbocycles. The molecule has 1 aliphatic heterocycles. The molecular formula is C10H20N2O. The lowest BCUT2D eigenvalue weighted by molar-refractivity contribution is 0.0387. The third-order valence-electron chi connectivity index (χ3n) is 2.20. The van der Waals surface area contributed by atoms with Crippen LogP contribution in [0, 0.1) is 0 Å². The summed E-state index contributed by atoms with van der Waals surface area (Å²) < 4.78 is 5.27. The number of ether oxygens (including phenoxy) is 1. The zero-order valence-corrected chi connectivity index (χ0v) is 8.46. The Balaban J connectivity index is 1.97. The van der Waals surface area contributed by atoms with Crippen LogP contribution in [0.3, 0.4) is 0 Å². The van der Waals surface area contributed by atoms with Gasteiger partial charge in [0.15, 0.2) is 0 Å². The molecule has 0 aliphatic carbocycles. The highest BCUT2D eigenvalue weighted by Gasteiger charge is 2.07. The van der Waals surface area contributed by atoms with E-state index in [0.29, 0.717) is 0 Å². The van der Waals surface area contributed by atoms with Gasteiger partial charge in [-0.2, -0.15) is 0 Å². The standard InChI is InChI=1S/C10H20N2O/c1-11-5-3-2-4-6-12-7-9-13-10-8-12/h2-3,11H,4-10H2,1H3/b3-2-. The van der Waals surface area contributed by atoms with E-state index in [2.05, 4.69) is 22.4 Å². The third-order valence-corrected chi connectivity index (χ3v) is 2.20. The monoisotopic (exact) mass is 184 g/mol. The Bertz CT molecular complexity index is 142. The summed E-state index contributed by atoms with van der Waals surface area (Å²) in [6.07, 6.45) is 5.58. The van der Waals surface area contributed by atoms with E-state index < -0.39 is 0 Å². The summed E-state index contributed by atoms with van der Waals surface area (Å²) in [7, 11) is 1.96. The first-order valence-corrected chi connectivity index (χ1v) is 5.03. The highest BCUT2D eigenvalue weighted by Crippen LogP contribution is 1.98. The number of hydrogen-bond donors (Lipinski definition) is 1. The van der Waals surface area contributed by atoms with Crippen LogP contribution in [0.2, 0.25) is 0 Å². The molecule has 0 spiro atoms.